The van der Waals surface area contributed by atoms with Crippen LogP contribution in [-0.4, -0.2) is 6.54 Å². The summed E-state index contributed by atoms with van der Waals surface area (Å²) in [5, 5.41) is 0. The third-order valence-electron chi connectivity index (χ3n) is 6.13. The van der Waals surface area contributed by atoms with Crippen molar-refractivity contribution in [2.75, 3.05) is 6.54 Å². The highest BCUT2D eigenvalue weighted by atomic mass is 14.6. The Balaban J connectivity index is 1.96. The van der Waals surface area contributed by atoms with E-state index < -0.39 is 0 Å². The van der Waals surface area contributed by atoms with Crippen molar-refractivity contribution in [3.8, 4) is 0 Å². The molecule has 1 heteroatoms. The molecule has 1 unspecified atom stereocenters. The van der Waals surface area contributed by atoms with Crippen LogP contribution in [0.5, 0.6) is 0 Å². The topological polar surface area (TPSA) is 26.0 Å². The Kier molecular flexibility index (Phi) is 4.14. The van der Waals surface area contributed by atoms with E-state index in [0.717, 1.165) is 12.5 Å². The van der Waals surface area contributed by atoms with Gasteiger partial charge in [0.1, 0.15) is 0 Å². The molecule has 0 bridgehead atoms. The first kappa shape index (κ1) is 15.1. The van der Waals surface area contributed by atoms with Gasteiger partial charge in [-0.05, 0) is 54.6 Å². The van der Waals surface area contributed by atoms with Crippen LogP contribution in [0.25, 0.3) is 0 Å². The van der Waals surface area contributed by atoms with Crippen molar-refractivity contribution in [1.29, 1.82) is 0 Å². The lowest BCUT2D eigenvalue weighted by molar-refractivity contribution is 0.218. The van der Waals surface area contributed by atoms with Gasteiger partial charge in [-0.2, -0.15) is 0 Å². The summed E-state index contributed by atoms with van der Waals surface area (Å²) in [5.41, 5.74) is 10.2. The van der Waals surface area contributed by atoms with Crippen LogP contribution in [-0.2, 0) is 5.41 Å². The molecule has 2 aliphatic carbocycles. The first-order chi connectivity index (χ1) is 10.1. The molecule has 1 aromatic carbocycles. The summed E-state index contributed by atoms with van der Waals surface area (Å²) in [5.74, 6) is 0.744. The Morgan fingerprint density at radius 2 is 1.76 bits per heavy atom. The van der Waals surface area contributed by atoms with Crippen LogP contribution in [0.4, 0.5) is 0 Å². The molecule has 21 heavy (non-hydrogen) atoms. The number of hydrogen-bond donors (Lipinski definition) is 1. The maximum absolute atomic E-state index is 6.25. The van der Waals surface area contributed by atoms with E-state index in [1.165, 1.54) is 51.4 Å². The largest absolute Gasteiger partial charge is 0.330 e. The third-order valence-corrected chi connectivity index (χ3v) is 6.13. The number of nitrogens with two attached hydrogens (primary N) is 1. The van der Waals surface area contributed by atoms with Crippen LogP contribution in [0.1, 0.15) is 82.3 Å². The molecule has 1 atom stereocenters. The highest BCUT2D eigenvalue weighted by molar-refractivity contribution is 5.38. The summed E-state index contributed by atoms with van der Waals surface area (Å²) < 4.78 is 0. The van der Waals surface area contributed by atoms with Gasteiger partial charge < -0.3 is 5.73 Å². The molecule has 2 N–H and O–H groups in total. The standard InChI is InChI=1S/C20H31N/c1-19(2)11-7-8-16(14-19)17-9-3-4-10-18(17)20(15-21)12-5-6-13-20/h3-4,9-10,16H,5-8,11-15,21H2,1-2H3. The van der Waals surface area contributed by atoms with E-state index in [1.807, 2.05) is 0 Å². The highest BCUT2D eigenvalue weighted by Gasteiger charge is 2.38. The fourth-order valence-corrected chi connectivity index (χ4v) is 4.93. The third kappa shape index (κ3) is 2.90. The molecule has 2 aliphatic rings. The molecular weight excluding hydrogens is 254 g/mol. The van der Waals surface area contributed by atoms with E-state index in [9.17, 15) is 0 Å². The molecule has 3 rings (SSSR count). The lowest BCUT2D eigenvalue weighted by atomic mass is 9.66. The van der Waals surface area contributed by atoms with E-state index in [-0.39, 0.29) is 5.41 Å². The first-order valence-electron chi connectivity index (χ1n) is 8.86. The minimum absolute atomic E-state index is 0.276. The normalized spacial score (nSPS) is 27.7. The molecular formula is C20H31N. The maximum atomic E-state index is 6.25. The van der Waals surface area contributed by atoms with E-state index in [4.69, 9.17) is 5.73 Å². The summed E-state index contributed by atoms with van der Waals surface area (Å²) in [6.45, 7) is 5.70. The van der Waals surface area contributed by atoms with Crippen molar-refractivity contribution in [3.63, 3.8) is 0 Å². The summed E-state index contributed by atoms with van der Waals surface area (Å²) >= 11 is 0. The second-order valence-electron chi connectivity index (χ2n) is 8.24. The van der Waals surface area contributed by atoms with Crippen LogP contribution in [0.3, 0.4) is 0 Å². The lowest BCUT2D eigenvalue weighted by Crippen LogP contribution is -2.34. The van der Waals surface area contributed by atoms with Crippen molar-refractivity contribution in [2.45, 2.75) is 76.5 Å². The molecule has 0 radical (unpaired) electrons. The second kappa shape index (κ2) is 5.76. The van der Waals surface area contributed by atoms with Gasteiger partial charge in [0.2, 0.25) is 0 Å². The number of benzene rings is 1. The van der Waals surface area contributed by atoms with Crippen molar-refractivity contribution < 1.29 is 0 Å². The van der Waals surface area contributed by atoms with Gasteiger partial charge in [0.25, 0.3) is 0 Å². The van der Waals surface area contributed by atoms with Crippen LogP contribution in [0, 0.1) is 5.41 Å². The van der Waals surface area contributed by atoms with Crippen molar-refractivity contribution >= 4 is 0 Å². The quantitative estimate of drug-likeness (QED) is 0.817. The fraction of sp³-hybridized carbons (Fsp3) is 0.700. The van der Waals surface area contributed by atoms with Crippen LogP contribution in [0.15, 0.2) is 24.3 Å². The lowest BCUT2D eigenvalue weighted by Gasteiger charge is -2.39. The van der Waals surface area contributed by atoms with Gasteiger partial charge in [-0.25, -0.2) is 0 Å². The van der Waals surface area contributed by atoms with E-state index in [1.54, 1.807) is 11.1 Å². The fourth-order valence-electron chi connectivity index (χ4n) is 4.93. The highest BCUT2D eigenvalue weighted by Crippen LogP contribution is 2.48. The average molecular weight is 285 g/mol. The van der Waals surface area contributed by atoms with Crippen LogP contribution in [0.2, 0.25) is 0 Å². The average Bonchev–Trinajstić information content (AvgIpc) is 2.96. The van der Waals surface area contributed by atoms with Crippen molar-refractivity contribution in [1.82, 2.24) is 0 Å². The van der Waals surface area contributed by atoms with Gasteiger partial charge in [-0.3, -0.25) is 0 Å². The molecule has 2 fully saturated rings. The van der Waals surface area contributed by atoms with Crippen LogP contribution >= 0.6 is 0 Å². The first-order valence-corrected chi connectivity index (χ1v) is 8.86. The zero-order valence-electron chi connectivity index (χ0n) is 13.8. The SMILES string of the molecule is CC1(C)CCCC(c2ccccc2C2(CN)CCCC2)C1. The summed E-state index contributed by atoms with van der Waals surface area (Å²) in [6.07, 6.45) is 10.7. The zero-order chi connectivity index (χ0) is 14.9. The predicted molar refractivity (Wildman–Crippen MR) is 90.6 cm³/mol. The molecule has 1 nitrogen and oxygen atoms in total. The molecule has 0 spiro atoms. The monoisotopic (exact) mass is 285 g/mol. The van der Waals surface area contributed by atoms with Gasteiger partial charge in [-0.1, -0.05) is 57.4 Å². The molecule has 0 aromatic heterocycles. The van der Waals surface area contributed by atoms with E-state index >= 15 is 0 Å². The second-order valence-corrected chi connectivity index (χ2v) is 8.24. The molecule has 2 saturated carbocycles. The molecule has 0 saturated heterocycles. The molecule has 0 amide bonds. The Bertz CT molecular complexity index is 482. The predicted octanol–water partition coefficient (Wildman–Crippen LogP) is 5.14. The van der Waals surface area contributed by atoms with Gasteiger partial charge in [0.05, 0.1) is 0 Å². The zero-order valence-corrected chi connectivity index (χ0v) is 13.8. The Morgan fingerprint density at radius 1 is 1.05 bits per heavy atom. The minimum atomic E-state index is 0.276. The molecule has 0 heterocycles. The van der Waals surface area contributed by atoms with Crippen molar-refractivity contribution in [2.24, 2.45) is 11.1 Å². The molecule has 1 aromatic rings. The summed E-state index contributed by atoms with van der Waals surface area (Å²) in [6, 6.07) is 9.24. The van der Waals surface area contributed by atoms with Gasteiger partial charge in [0.15, 0.2) is 0 Å². The molecule has 116 valence electrons. The summed E-state index contributed by atoms with van der Waals surface area (Å²) in [7, 11) is 0. The number of hydrogen-bond acceptors (Lipinski definition) is 1. The number of rotatable bonds is 3. The van der Waals surface area contributed by atoms with Crippen molar-refractivity contribution in [3.05, 3.63) is 35.4 Å². The Hall–Kier alpha value is -0.820. The van der Waals surface area contributed by atoms with E-state index in [2.05, 4.69) is 38.1 Å². The minimum Gasteiger partial charge on any atom is -0.330 e. The van der Waals surface area contributed by atoms with E-state index in [0.29, 0.717) is 5.41 Å². The maximum Gasteiger partial charge on any atom is 0.00783 e. The molecule has 0 aliphatic heterocycles. The Morgan fingerprint density at radius 3 is 2.43 bits per heavy atom. The summed E-state index contributed by atoms with van der Waals surface area (Å²) in [4.78, 5) is 0. The smallest absolute Gasteiger partial charge is 0.00783 e. The van der Waals surface area contributed by atoms with Gasteiger partial charge in [0, 0.05) is 12.0 Å². The Labute approximate surface area is 130 Å². The van der Waals surface area contributed by atoms with Gasteiger partial charge in [-0.15, -0.1) is 0 Å². The van der Waals surface area contributed by atoms with Crippen LogP contribution < -0.4 is 5.73 Å². The van der Waals surface area contributed by atoms with Gasteiger partial charge >= 0.3 is 0 Å².